The molecule has 0 atom stereocenters. The van der Waals surface area contributed by atoms with Crippen LogP contribution >= 0.6 is 0 Å². The molecule has 0 unspecified atom stereocenters. The number of amides is 1. The third kappa shape index (κ3) is 4.17. The van der Waals surface area contributed by atoms with Crippen LogP contribution in [0.4, 0.5) is 5.69 Å². The summed E-state index contributed by atoms with van der Waals surface area (Å²) in [5.74, 6) is 0.490. The lowest BCUT2D eigenvalue weighted by atomic mass is 10.0. The smallest absolute Gasteiger partial charge is 0.336 e. The number of hydrogen-bond acceptors (Lipinski definition) is 5. The van der Waals surface area contributed by atoms with Crippen molar-refractivity contribution in [1.29, 1.82) is 0 Å². The van der Waals surface area contributed by atoms with Gasteiger partial charge in [-0.3, -0.25) is 4.79 Å². The molecule has 1 aromatic heterocycles. The number of fused-ring (bicyclic) bond motifs is 1. The van der Waals surface area contributed by atoms with Gasteiger partial charge < -0.3 is 20.2 Å². The van der Waals surface area contributed by atoms with Gasteiger partial charge >= 0.3 is 5.63 Å². The fraction of sp³-hybridized carbons (Fsp3) is 0.238. The first-order valence-electron chi connectivity index (χ1n) is 8.74. The van der Waals surface area contributed by atoms with E-state index in [1.165, 1.54) is 6.07 Å². The van der Waals surface area contributed by atoms with Crippen LogP contribution in [0.25, 0.3) is 11.0 Å². The molecule has 0 saturated carbocycles. The van der Waals surface area contributed by atoms with Gasteiger partial charge in [0.2, 0.25) is 0 Å². The Bertz CT molecular complexity index is 1040. The number of nitrogens with two attached hydrogens (primary N) is 1. The molecule has 6 heteroatoms. The minimum absolute atomic E-state index is 0.249. The van der Waals surface area contributed by atoms with Crippen LogP contribution in [-0.2, 0) is 6.42 Å². The second-order valence-corrected chi connectivity index (χ2v) is 6.33. The zero-order valence-corrected chi connectivity index (χ0v) is 15.4. The first kappa shape index (κ1) is 18.7. The Labute approximate surface area is 156 Å². The lowest BCUT2D eigenvalue weighted by molar-refractivity contribution is 0.102. The highest BCUT2D eigenvalue weighted by atomic mass is 16.5. The van der Waals surface area contributed by atoms with Crippen molar-refractivity contribution in [3.8, 4) is 5.75 Å². The van der Waals surface area contributed by atoms with E-state index in [0.29, 0.717) is 23.4 Å². The topological polar surface area (TPSA) is 94.6 Å². The van der Waals surface area contributed by atoms with Crippen molar-refractivity contribution in [2.45, 2.75) is 19.8 Å². The number of carbonyl (C=O) groups excluding carboxylic acids is 1. The average molecular weight is 366 g/mol. The second kappa shape index (κ2) is 8.05. The molecule has 3 aromatic rings. The Morgan fingerprint density at radius 3 is 2.74 bits per heavy atom. The highest BCUT2D eigenvalue weighted by Gasteiger charge is 2.12. The summed E-state index contributed by atoms with van der Waals surface area (Å²) < 4.78 is 10.6. The summed E-state index contributed by atoms with van der Waals surface area (Å²) in [6, 6.07) is 12.0. The van der Waals surface area contributed by atoms with Gasteiger partial charge in [0, 0.05) is 28.8 Å². The van der Waals surface area contributed by atoms with Crippen LogP contribution in [0, 0.1) is 6.92 Å². The zero-order valence-electron chi connectivity index (χ0n) is 15.4. The van der Waals surface area contributed by atoms with E-state index in [1.807, 2.05) is 19.1 Å². The van der Waals surface area contributed by atoms with Gasteiger partial charge in [-0.1, -0.05) is 0 Å². The maximum absolute atomic E-state index is 12.6. The summed E-state index contributed by atoms with van der Waals surface area (Å²) in [5.41, 5.74) is 8.46. The summed E-state index contributed by atoms with van der Waals surface area (Å²) in [6.45, 7) is 2.42. The fourth-order valence-corrected chi connectivity index (χ4v) is 3.01. The standard InChI is InChI=1S/C21H22N2O4/c1-13-10-20(24)27-19-12-16(6-7-17(13)19)23-21(25)15-5-8-18(26-2)14(11-15)4-3-9-22/h5-8,10-12H,3-4,9,22H2,1-2H3,(H,23,25). The molecule has 6 nitrogen and oxygen atoms in total. The average Bonchev–Trinajstić information content (AvgIpc) is 2.65. The van der Waals surface area contributed by atoms with Crippen LogP contribution in [0.3, 0.4) is 0 Å². The molecule has 0 radical (unpaired) electrons. The second-order valence-electron chi connectivity index (χ2n) is 6.33. The number of ether oxygens (including phenoxy) is 1. The van der Waals surface area contributed by atoms with Crippen molar-refractivity contribution in [3.63, 3.8) is 0 Å². The minimum atomic E-state index is -0.414. The molecule has 3 rings (SSSR count). The molecular weight excluding hydrogens is 344 g/mol. The normalized spacial score (nSPS) is 10.8. The van der Waals surface area contributed by atoms with Crippen molar-refractivity contribution < 1.29 is 13.9 Å². The highest BCUT2D eigenvalue weighted by Crippen LogP contribution is 2.24. The van der Waals surface area contributed by atoms with Crippen molar-refractivity contribution in [1.82, 2.24) is 0 Å². The lowest BCUT2D eigenvalue weighted by Gasteiger charge is -2.11. The van der Waals surface area contributed by atoms with Crippen LogP contribution in [0.2, 0.25) is 0 Å². The largest absolute Gasteiger partial charge is 0.496 e. The Hall–Kier alpha value is -3.12. The fourth-order valence-electron chi connectivity index (χ4n) is 3.01. The lowest BCUT2D eigenvalue weighted by Crippen LogP contribution is -2.13. The number of anilines is 1. The third-order valence-corrected chi connectivity index (χ3v) is 4.40. The Balaban J connectivity index is 1.86. The van der Waals surface area contributed by atoms with E-state index in [4.69, 9.17) is 14.9 Å². The molecule has 0 spiro atoms. The molecule has 140 valence electrons. The van der Waals surface area contributed by atoms with Gasteiger partial charge in [-0.15, -0.1) is 0 Å². The number of aryl methyl sites for hydroxylation is 2. The van der Waals surface area contributed by atoms with Crippen molar-refractivity contribution in [2.24, 2.45) is 5.73 Å². The Morgan fingerprint density at radius 2 is 2.00 bits per heavy atom. The molecule has 27 heavy (non-hydrogen) atoms. The maximum Gasteiger partial charge on any atom is 0.336 e. The van der Waals surface area contributed by atoms with Gasteiger partial charge in [0.1, 0.15) is 11.3 Å². The van der Waals surface area contributed by atoms with Gasteiger partial charge in [0.15, 0.2) is 0 Å². The Morgan fingerprint density at radius 1 is 1.19 bits per heavy atom. The molecule has 0 aliphatic heterocycles. The molecule has 3 N–H and O–H groups in total. The molecule has 1 amide bonds. The quantitative estimate of drug-likeness (QED) is 0.653. The summed E-state index contributed by atoms with van der Waals surface area (Å²) in [7, 11) is 1.60. The van der Waals surface area contributed by atoms with Gasteiger partial charge in [-0.25, -0.2) is 4.79 Å². The van der Waals surface area contributed by atoms with Gasteiger partial charge in [0.25, 0.3) is 5.91 Å². The van der Waals surface area contributed by atoms with Crippen LogP contribution in [-0.4, -0.2) is 19.6 Å². The molecule has 0 aliphatic carbocycles. The van der Waals surface area contributed by atoms with E-state index in [1.54, 1.807) is 31.4 Å². The number of rotatable bonds is 6. The highest BCUT2D eigenvalue weighted by molar-refractivity contribution is 6.05. The van der Waals surface area contributed by atoms with Crippen LogP contribution in [0.15, 0.2) is 51.7 Å². The van der Waals surface area contributed by atoms with Gasteiger partial charge in [-0.2, -0.15) is 0 Å². The number of benzene rings is 2. The zero-order chi connectivity index (χ0) is 19.4. The number of hydrogen-bond donors (Lipinski definition) is 2. The van der Waals surface area contributed by atoms with Crippen LogP contribution in [0.5, 0.6) is 5.75 Å². The minimum Gasteiger partial charge on any atom is -0.496 e. The Kier molecular flexibility index (Phi) is 5.57. The third-order valence-electron chi connectivity index (χ3n) is 4.40. The molecule has 0 saturated heterocycles. The van der Waals surface area contributed by atoms with E-state index in [0.717, 1.165) is 35.1 Å². The van der Waals surface area contributed by atoms with E-state index in [2.05, 4.69) is 5.32 Å². The van der Waals surface area contributed by atoms with Crippen LogP contribution in [0.1, 0.15) is 27.9 Å². The molecule has 1 heterocycles. The van der Waals surface area contributed by atoms with E-state index in [9.17, 15) is 9.59 Å². The first-order chi connectivity index (χ1) is 13.0. The van der Waals surface area contributed by atoms with Crippen molar-refractivity contribution in [2.75, 3.05) is 19.0 Å². The summed E-state index contributed by atoms with van der Waals surface area (Å²) >= 11 is 0. The molecule has 2 aromatic carbocycles. The molecule has 0 bridgehead atoms. The van der Waals surface area contributed by atoms with E-state index in [-0.39, 0.29) is 5.91 Å². The van der Waals surface area contributed by atoms with Crippen molar-refractivity contribution in [3.05, 3.63) is 69.6 Å². The van der Waals surface area contributed by atoms with Crippen LogP contribution < -0.4 is 21.4 Å². The first-order valence-corrected chi connectivity index (χ1v) is 8.74. The monoisotopic (exact) mass is 366 g/mol. The van der Waals surface area contributed by atoms with E-state index >= 15 is 0 Å². The summed E-state index contributed by atoms with van der Waals surface area (Å²) in [5, 5.41) is 3.68. The summed E-state index contributed by atoms with van der Waals surface area (Å²) in [4.78, 5) is 24.2. The number of methoxy groups -OCH3 is 1. The van der Waals surface area contributed by atoms with E-state index < -0.39 is 5.63 Å². The van der Waals surface area contributed by atoms with Gasteiger partial charge in [0.05, 0.1) is 7.11 Å². The summed E-state index contributed by atoms with van der Waals surface area (Å²) in [6.07, 6.45) is 1.55. The number of nitrogens with one attached hydrogen (secondary N) is 1. The van der Waals surface area contributed by atoms with Crippen molar-refractivity contribution >= 4 is 22.6 Å². The molecular formula is C21H22N2O4. The number of carbonyl (C=O) groups is 1. The molecule has 0 fully saturated rings. The predicted molar refractivity (Wildman–Crippen MR) is 106 cm³/mol. The predicted octanol–water partition coefficient (Wildman–Crippen LogP) is 3.25. The molecule has 0 aliphatic rings. The maximum atomic E-state index is 12.6. The van der Waals surface area contributed by atoms with Gasteiger partial charge in [-0.05, 0) is 67.8 Å². The SMILES string of the molecule is COc1ccc(C(=O)Nc2ccc3c(C)cc(=O)oc3c2)cc1CCCN.